The maximum Gasteiger partial charge on any atom is 0.163 e. The van der Waals surface area contributed by atoms with Crippen LogP contribution in [0.3, 0.4) is 0 Å². The van der Waals surface area contributed by atoms with Crippen molar-refractivity contribution >= 4 is 17.3 Å². The SMILES string of the molecule is N#Cc1ccncc1Oc1ccc(N)c(Cl)c1. The molecule has 0 atom stereocenters. The molecule has 1 heterocycles. The Morgan fingerprint density at radius 3 is 2.88 bits per heavy atom. The highest BCUT2D eigenvalue weighted by Crippen LogP contribution is 2.28. The Labute approximate surface area is 103 Å². The first-order valence-corrected chi connectivity index (χ1v) is 5.15. The number of pyridine rings is 1. The summed E-state index contributed by atoms with van der Waals surface area (Å²) in [7, 11) is 0. The maximum absolute atomic E-state index is 8.89. The van der Waals surface area contributed by atoms with Gasteiger partial charge < -0.3 is 10.5 Å². The van der Waals surface area contributed by atoms with Crippen LogP contribution < -0.4 is 10.5 Å². The first kappa shape index (κ1) is 11.2. The van der Waals surface area contributed by atoms with E-state index in [0.29, 0.717) is 27.8 Å². The van der Waals surface area contributed by atoms with E-state index in [1.165, 1.54) is 12.4 Å². The highest BCUT2D eigenvalue weighted by atomic mass is 35.5. The van der Waals surface area contributed by atoms with Crippen molar-refractivity contribution in [1.29, 1.82) is 5.26 Å². The Morgan fingerprint density at radius 2 is 2.18 bits per heavy atom. The number of hydrogen-bond donors (Lipinski definition) is 1. The van der Waals surface area contributed by atoms with Gasteiger partial charge in [-0.05, 0) is 18.2 Å². The van der Waals surface area contributed by atoms with E-state index in [1.807, 2.05) is 6.07 Å². The molecule has 0 unspecified atom stereocenters. The molecule has 17 heavy (non-hydrogen) atoms. The zero-order valence-corrected chi connectivity index (χ0v) is 9.48. The van der Waals surface area contributed by atoms with Gasteiger partial charge in [-0.15, -0.1) is 0 Å². The molecule has 5 heteroatoms. The van der Waals surface area contributed by atoms with E-state index in [2.05, 4.69) is 4.98 Å². The van der Waals surface area contributed by atoms with Crippen LogP contribution in [0.5, 0.6) is 11.5 Å². The molecule has 1 aromatic heterocycles. The van der Waals surface area contributed by atoms with E-state index in [0.717, 1.165) is 0 Å². The fraction of sp³-hybridized carbons (Fsp3) is 0. The van der Waals surface area contributed by atoms with Crippen LogP contribution in [-0.4, -0.2) is 4.98 Å². The second kappa shape index (κ2) is 4.73. The standard InChI is InChI=1S/C12H8ClN3O/c13-10-5-9(1-2-11(10)15)17-12-7-16-4-3-8(12)6-14/h1-5,7H,15H2. The Bertz CT molecular complexity index is 593. The molecule has 1 aromatic carbocycles. The van der Waals surface area contributed by atoms with Crippen LogP contribution in [0.1, 0.15) is 5.56 Å². The summed E-state index contributed by atoms with van der Waals surface area (Å²) in [5.41, 5.74) is 6.47. The van der Waals surface area contributed by atoms with Crippen molar-refractivity contribution in [1.82, 2.24) is 4.98 Å². The molecule has 0 aliphatic carbocycles. The van der Waals surface area contributed by atoms with Gasteiger partial charge in [0.15, 0.2) is 5.75 Å². The molecule has 0 aliphatic heterocycles. The van der Waals surface area contributed by atoms with E-state index in [4.69, 9.17) is 27.3 Å². The van der Waals surface area contributed by atoms with E-state index < -0.39 is 0 Å². The van der Waals surface area contributed by atoms with Gasteiger partial charge in [0.05, 0.1) is 22.5 Å². The van der Waals surface area contributed by atoms with Gasteiger partial charge in [0.1, 0.15) is 11.8 Å². The number of benzene rings is 1. The Morgan fingerprint density at radius 1 is 1.35 bits per heavy atom. The molecule has 0 amide bonds. The van der Waals surface area contributed by atoms with Crippen molar-refractivity contribution < 1.29 is 4.74 Å². The van der Waals surface area contributed by atoms with Gasteiger partial charge in [-0.1, -0.05) is 11.6 Å². The highest BCUT2D eigenvalue weighted by Gasteiger charge is 2.05. The van der Waals surface area contributed by atoms with Gasteiger partial charge >= 0.3 is 0 Å². The van der Waals surface area contributed by atoms with Crippen LogP contribution in [0.2, 0.25) is 5.02 Å². The summed E-state index contributed by atoms with van der Waals surface area (Å²) in [5.74, 6) is 0.893. The van der Waals surface area contributed by atoms with Crippen LogP contribution in [0, 0.1) is 11.3 Å². The quantitative estimate of drug-likeness (QED) is 0.826. The minimum atomic E-state index is 0.385. The van der Waals surface area contributed by atoms with Crippen molar-refractivity contribution in [3.8, 4) is 17.6 Å². The number of nitrogen functional groups attached to an aromatic ring is 1. The van der Waals surface area contributed by atoms with Gasteiger partial charge in [-0.25, -0.2) is 0 Å². The van der Waals surface area contributed by atoms with E-state index in [9.17, 15) is 0 Å². The maximum atomic E-state index is 8.89. The zero-order chi connectivity index (χ0) is 12.3. The predicted molar refractivity (Wildman–Crippen MR) is 64.9 cm³/mol. The number of nitrogens with zero attached hydrogens (tertiary/aromatic N) is 2. The van der Waals surface area contributed by atoms with Crippen LogP contribution in [0.25, 0.3) is 0 Å². The number of halogens is 1. The second-order valence-corrected chi connectivity index (χ2v) is 3.68. The number of ether oxygens (including phenoxy) is 1. The third-order valence-corrected chi connectivity index (χ3v) is 2.43. The molecule has 0 aliphatic rings. The summed E-state index contributed by atoms with van der Waals surface area (Å²) in [6.45, 7) is 0. The lowest BCUT2D eigenvalue weighted by atomic mass is 10.2. The summed E-state index contributed by atoms with van der Waals surface area (Å²) >= 11 is 5.87. The first-order valence-electron chi connectivity index (χ1n) is 4.77. The number of nitriles is 1. The van der Waals surface area contributed by atoms with Crippen LogP contribution >= 0.6 is 11.6 Å². The third kappa shape index (κ3) is 2.47. The lowest BCUT2D eigenvalue weighted by Crippen LogP contribution is -1.91. The third-order valence-electron chi connectivity index (χ3n) is 2.10. The fourth-order valence-electron chi connectivity index (χ4n) is 1.25. The van der Waals surface area contributed by atoms with E-state index >= 15 is 0 Å². The monoisotopic (exact) mass is 245 g/mol. The number of aromatic nitrogens is 1. The normalized spacial score (nSPS) is 9.65. The van der Waals surface area contributed by atoms with Crippen LogP contribution in [-0.2, 0) is 0 Å². The summed E-state index contributed by atoms with van der Waals surface area (Å²) in [4.78, 5) is 3.90. The summed E-state index contributed by atoms with van der Waals surface area (Å²) in [6, 6.07) is 8.50. The van der Waals surface area contributed by atoms with Gasteiger partial charge in [0, 0.05) is 12.3 Å². The molecule has 4 nitrogen and oxygen atoms in total. The number of nitrogens with two attached hydrogens (primary N) is 1. The molecule has 0 saturated carbocycles. The van der Waals surface area contributed by atoms with E-state index in [1.54, 1.807) is 24.3 Å². The van der Waals surface area contributed by atoms with Crippen LogP contribution in [0.4, 0.5) is 5.69 Å². The second-order valence-electron chi connectivity index (χ2n) is 3.27. The molecular formula is C12H8ClN3O. The minimum absolute atomic E-state index is 0.385. The Balaban J connectivity index is 2.32. The molecule has 0 spiro atoms. The van der Waals surface area contributed by atoms with Crippen LogP contribution in [0.15, 0.2) is 36.7 Å². The Kier molecular flexibility index (Phi) is 3.12. The summed E-state index contributed by atoms with van der Waals surface area (Å²) < 4.78 is 5.51. The predicted octanol–water partition coefficient (Wildman–Crippen LogP) is 2.98. The molecule has 2 rings (SSSR count). The lowest BCUT2D eigenvalue weighted by molar-refractivity contribution is 0.479. The first-order chi connectivity index (χ1) is 8.20. The zero-order valence-electron chi connectivity index (χ0n) is 8.72. The summed E-state index contributed by atoms with van der Waals surface area (Å²) in [6.07, 6.45) is 3.00. The number of anilines is 1. The molecule has 0 fully saturated rings. The van der Waals surface area contributed by atoms with Gasteiger partial charge in [-0.2, -0.15) is 5.26 Å². The van der Waals surface area contributed by atoms with Crippen molar-refractivity contribution in [3.63, 3.8) is 0 Å². The molecular weight excluding hydrogens is 238 g/mol. The number of hydrogen-bond acceptors (Lipinski definition) is 4. The molecule has 2 aromatic rings. The molecule has 0 saturated heterocycles. The van der Waals surface area contributed by atoms with Crippen molar-refractivity contribution in [2.75, 3.05) is 5.73 Å². The Hall–Kier alpha value is -2.25. The van der Waals surface area contributed by atoms with Gasteiger partial charge in [-0.3, -0.25) is 4.98 Å². The fourth-order valence-corrected chi connectivity index (χ4v) is 1.42. The molecule has 2 N–H and O–H groups in total. The average Bonchev–Trinajstić information content (AvgIpc) is 2.34. The van der Waals surface area contributed by atoms with Crippen molar-refractivity contribution in [2.45, 2.75) is 0 Å². The van der Waals surface area contributed by atoms with Crippen molar-refractivity contribution in [2.24, 2.45) is 0 Å². The molecule has 84 valence electrons. The lowest BCUT2D eigenvalue weighted by Gasteiger charge is -2.07. The number of rotatable bonds is 2. The summed E-state index contributed by atoms with van der Waals surface area (Å²) in [5, 5.41) is 9.30. The topological polar surface area (TPSA) is 71.9 Å². The molecule has 0 radical (unpaired) electrons. The minimum Gasteiger partial charge on any atom is -0.454 e. The molecule has 0 bridgehead atoms. The largest absolute Gasteiger partial charge is 0.454 e. The van der Waals surface area contributed by atoms with Crippen molar-refractivity contribution in [3.05, 3.63) is 47.2 Å². The van der Waals surface area contributed by atoms with E-state index in [-0.39, 0.29) is 0 Å². The highest BCUT2D eigenvalue weighted by molar-refractivity contribution is 6.33. The van der Waals surface area contributed by atoms with Gasteiger partial charge in [0.2, 0.25) is 0 Å². The smallest absolute Gasteiger partial charge is 0.163 e. The average molecular weight is 246 g/mol. The van der Waals surface area contributed by atoms with Gasteiger partial charge in [0.25, 0.3) is 0 Å².